The van der Waals surface area contributed by atoms with Crippen molar-refractivity contribution in [3.63, 3.8) is 0 Å². The van der Waals surface area contributed by atoms with E-state index in [2.05, 4.69) is 4.98 Å². The van der Waals surface area contributed by atoms with E-state index in [-0.39, 0.29) is 0 Å². The van der Waals surface area contributed by atoms with Gasteiger partial charge in [0, 0.05) is 16.5 Å². The summed E-state index contributed by atoms with van der Waals surface area (Å²) in [5, 5.41) is 10.4. The minimum absolute atomic E-state index is 0.655. The van der Waals surface area contributed by atoms with Gasteiger partial charge in [0.1, 0.15) is 4.75 Å². The number of nitrogens with zero attached hydrogens (tertiary/aromatic N) is 1. The maximum Gasteiger partial charge on any atom is 0.319 e. The van der Waals surface area contributed by atoms with Gasteiger partial charge in [-0.3, -0.25) is 9.78 Å². The van der Waals surface area contributed by atoms with Crippen LogP contribution < -0.4 is 9.47 Å². The summed E-state index contributed by atoms with van der Waals surface area (Å²) in [5.41, 5.74) is 2.80. The second kappa shape index (κ2) is 7.48. The van der Waals surface area contributed by atoms with Crippen LogP contribution in [-0.2, 0) is 4.79 Å². The van der Waals surface area contributed by atoms with Gasteiger partial charge in [-0.25, -0.2) is 0 Å². The smallest absolute Gasteiger partial charge is 0.319 e. The highest BCUT2D eigenvalue weighted by Gasteiger charge is 2.29. The molecule has 140 valence electrons. The van der Waals surface area contributed by atoms with Crippen molar-refractivity contribution in [1.29, 1.82) is 0 Å². The quantitative estimate of drug-likeness (QED) is 0.612. The van der Waals surface area contributed by atoms with Gasteiger partial charge in [0.05, 0.1) is 19.7 Å². The number of rotatable bonds is 6. The van der Waals surface area contributed by atoms with E-state index in [1.165, 1.54) is 11.8 Å². The van der Waals surface area contributed by atoms with Crippen LogP contribution in [0.5, 0.6) is 11.5 Å². The highest BCUT2D eigenvalue weighted by atomic mass is 32.2. The van der Waals surface area contributed by atoms with E-state index in [0.29, 0.717) is 11.5 Å². The Labute approximate surface area is 162 Å². The molecule has 0 unspecified atom stereocenters. The third-order valence-electron chi connectivity index (χ3n) is 4.30. The summed E-state index contributed by atoms with van der Waals surface area (Å²) in [5.74, 6) is 0.472. The third kappa shape index (κ3) is 3.85. The minimum atomic E-state index is -0.937. The fourth-order valence-corrected chi connectivity index (χ4v) is 3.76. The van der Waals surface area contributed by atoms with Crippen molar-refractivity contribution in [2.45, 2.75) is 23.5 Å². The van der Waals surface area contributed by atoms with Crippen molar-refractivity contribution in [2.75, 3.05) is 14.2 Å². The molecule has 1 N–H and O–H groups in total. The highest BCUT2D eigenvalue weighted by Crippen LogP contribution is 2.39. The Balaban J connectivity index is 2.09. The molecule has 0 atom stereocenters. The molecule has 0 aliphatic rings. The van der Waals surface area contributed by atoms with Crippen molar-refractivity contribution >= 4 is 28.6 Å². The van der Waals surface area contributed by atoms with E-state index in [9.17, 15) is 9.90 Å². The average Bonchev–Trinajstić information content (AvgIpc) is 2.67. The van der Waals surface area contributed by atoms with Gasteiger partial charge in [-0.2, -0.15) is 0 Å². The zero-order valence-electron chi connectivity index (χ0n) is 15.6. The predicted octanol–water partition coefficient (Wildman–Crippen LogP) is 4.87. The van der Waals surface area contributed by atoms with Gasteiger partial charge in [-0.15, -0.1) is 11.8 Å². The van der Waals surface area contributed by atoms with Gasteiger partial charge >= 0.3 is 5.97 Å². The van der Waals surface area contributed by atoms with Crippen LogP contribution in [0.15, 0.2) is 53.6 Å². The van der Waals surface area contributed by atoms with Crippen LogP contribution >= 0.6 is 11.8 Å². The molecule has 0 bridgehead atoms. The first-order valence-corrected chi connectivity index (χ1v) is 9.21. The second-order valence-electron chi connectivity index (χ2n) is 6.53. The lowest BCUT2D eigenvalue weighted by Gasteiger charge is -2.19. The lowest BCUT2D eigenvalue weighted by Crippen LogP contribution is -2.26. The first-order valence-electron chi connectivity index (χ1n) is 8.39. The molecule has 5 nitrogen and oxygen atoms in total. The Hall–Kier alpha value is -2.73. The molecule has 1 heterocycles. The summed E-state index contributed by atoms with van der Waals surface area (Å²) in [7, 11) is 3.21. The predicted molar refractivity (Wildman–Crippen MR) is 108 cm³/mol. The van der Waals surface area contributed by atoms with Crippen LogP contribution in [0.3, 0.4) is 0 Å². The van der Waals surface area contributed by atoms with E-state index >= 15 is 0 Å². The molecule has 1 aromatic heterocycles. The molecule has 0 radical (unpaired) electrons. The number of carbonyl (C=O) groups is 1. The van der Waals surface area contributed by atoms with Gasteiger partial charge < -0.3 is 14.6 Å². The van der Waals surface area contributed by atoms with Crippen LogP contribution in [0.2, 0.25) is 0 Å². The summed E-state index contributed by atoms with van der Waals surface area (Å²) >= 11 is 1.32. The molecule has 0 spiro atoms. The zero-order chi connectivity index (χ0) is 19.6. The molecule has 6 heteroatoms. The third-order valence-corrected chi connectivity index (χ3v) is 5.56. The standard InChI is InChI=1S/C21H21NO4S/c1-21(2,20(23)24)27-19-9-10-22-16-7-5-13(11-15(16)19)14-6-8-17(25-3)18(12-14)26-4/h5-12H,1-4H3,(H,23,24). The molecule has 0 aliphatic carbocycles. The number of aromatic nitrogens is 1. The molecule has 0 saturated heterocycles. The molecular formula is C21H21NO4S. The summed E-state index contributed by atoms with van der Waals surface area (Å²) in [6.07, 6.45) is 1.71. The number of thioether (sulfide) groups is 1. The maximum absolute atomic E-state index is 11.5. The summed E-state index contributed by atoms with van der Waals surface area (Å²) in [6.45, 7) is 3.40. The number of hydrogen-bond acceptors (Lipinski definition) is 5. The number of pyridine rings is 1. The zero-order valence-corrected chi connectivity index (χ0v) is 16.5. The Kier molecular flexibility index (Phi) is 5.28. The lowest BCUT2D eigenvalue weighted by molar-refractivity contribution is -0.138. The second-order valence-corrected chi connectivity index (χ2v) is 8.19. The monoisotopic (exact) mass is 383 g/mol. The first kappa shape index (κ1) is 19.0. The number of fused-ring (bicyclic) bond motifs is 1. The van der Waals surface area contributed by atoms with Crippen molar-refractivity contribution in [2.24, 2.45) is 0 Å². The van der Waals surface area contributed by atoms with Crippen LogP contribution in [0.1, 0.15) is 13.8 Å². The molecule has 3 aromatic rings. The van der Waals surface area contributed by atoms with Crippen molar-refractivity contribution in [1.82, 2.24) is 4.98 Å². The normalized spacial score (nSPS) is 11.4. The summed E-state index contributed by atoms with van der Waals surface area (Å²) in [6, 6.07) is 13.6. The van der Waals surface area contributed by atoms with Crippen molar-refractivity contribution in [3.05, 3.63) is 48.7 Å². The Morgan fingerprint density at radius 2 is 1.67 bits per heavy atom. The summed E-state index contributed by atoms with van der Waals surface area (Å²) < 4.78 is 9.76. The fraction of sp³-hybridized carbons (Fsp3) is 0.238. The van der Waals surface area contributed by atoms with E-state index in [1.54, 1.807) is 34.3 Å². The Morgan fingerprint density at radius 3 is 2.33 bits per heavy atom. The molecule has 2 aromatic carbocycles. The van der Waals surface area contributed by atoms with E-state index < -0.39 is 10.7 Å². The number of aliphatic carboxylic acids is 1. The van der Waals surface area contributed by atoms with Crippen LogP contribution in [0.25, 0.3) is 22.0 Å². The lowest BCUT2D eigenvalue weighted by atomic mass is 10.0. The minimum Gasteiger partial charge on any atom is -0.493 e. The summed E-state index contributed by atoms with van der Waals surface area (Å²) in [4.78, 5) is 16.8. The number of benzene rings is 2. The van der Waals surface area contributed by atoms with E-state index in [0.717, 1.165) is 26.9 Å². The van der Waals surface area contributed by atoms with E-state index in [4.69, 9.17) is 9.47 Å². The largest absolute Gasteiger partial charge is 0.493 e. The highest BCUT2D eigenvalue weighted by molar-refractivity contribution is 8.01. The molecule has 27 heavy (non-hydrogen) atoms. The van der Waals surface area contributed by atoms with E-state index in [1.807, 2.05) is 42.5 Å². The maximum atomic E-state index is 11.5. The molecule has 0 fully saturated rings. The van der Waals surface area contributed by atoms with Gasteiger partial charge in [0.15, 0.2) is 11.5 Å². The molecular weight excluding hydrogens is 362 g/mol. The number of carboxylic acids is 1. The van der Waals surface area contributed by atoms with Gasteiger partial charge in [-0.1, -0.05) is 12.1 Å². The topological polar surface area (TPSA) is 68.7 Å². The molecule has 0 saturated carbocycles. The van der Waals surface area contributed by atoms with Gasteiger partial charge in [0.2, 0.25) is 0 Å². The van der Waals surface area contributed by atoms with Gasteiger partial charge in [0.25, 0.3) is 0 Å². The van der Waals surface area contributed by atoms with Gasteiger partial charge in [-0.05, 0) is 55.3 Å². The molecule has 3 rings (SSSR count). The van der Waals surface area contributed by atoms with Crippen LogP contribution in [0, 0.1) is 0 Å². The van der Waals surface area contributed by atoms with Crippen LogP contribution in [-0.4, -0.2) is 35.0 Å². The average molecular weight is 383 g/mol. The Bertz CT molecular complexity index is 1000. The van der Waals surface area contributed by atoms with Crippen molar-refractivity contribution < 1.29 is 19.4 Å². The fourth-order valence-electron chi connectivity index (χ4n) is 2.72. The van der Waals surface area contributed by atoms with Crippen molar-refractivity contribution in [3.8, 4) is 22.6 Å². The van der Waals surface area contributed by atoms with Crippen LogP contribution in [0.4, 0.5) is 0 Å². The number of hydrogen-bond donors (Lipinski definition) is 1. The first-order chi connectivity index (χ1) is 12.9. The number of methoxy groups -OCH3 is 2. The number of ether oxygens (including phenoxy) is 2. The molecule has 0 amide bonds. The Morgan fingerprint density at radius 1 is 1.00 bits per heavy atom. The number of carboxylic acid groups (broad SMARTS) is 1. The molecule has 0 aliphatic heterocycles. The SMILES string of the molecule is COc1ccc(-c2ccc3nccc(SC(C)(C)C(=O)O)c3c2)cc1OC.